The number of thioether (sulfide) groups is 1. The fraction of sp³-hybridized carbons (Fsp3) is 0.320. The summed E-state index contributed by atoms with van der Waals surface area (Å²) in [5.41, 5.74) is 1.04. The number of aromatic nitrogens is 1. The Morgan fingerprint density at radius 1 is 1.15 bits per heavy atom. The number of non-ortho nitro benzene ring substituents is 1. The van der Waals surface area contributed by atoms with Crippen LogP contribution in [0.3, 0.4) is 0 Å². The van der Waals surface area contributed by atoms with Crippen LogP contribution in [0.4, 0.5) is 10.7 Å². The maximum absolute atomic E-state index is 12.6. The molecule has 0 aliphatic heterocycles. The van der Waals surface area contributed by atoms with Gasteiger partial charge in [-0.15, -0.1) is 29.7 Å². The molecule has 3 aromatic rings. The van der Waals surface area contributed by atoms with Gasteiger partial charge in [0, 0.05) is 18.7 Å². The molecule has 0 saturated carbocycles. The second-order valence-electron chi connectivity index (χ2n) is 7.94. The van der Waals surface area contributed by atoms with Gasteiger partial charge in [-0.25, -0.2) is 9.59 Å². The van der Waals surface area contributed by atoms with Crippen LogP contribution in [0, 0.1) is 17.0 Å². The van der Waals surface area contributed by atoms with E-state index in [4.69, 9.17) is 9.47 Å². The van der Waals surface area contributed by atoms with Crippen LogP contribution < -0.4 is 10.1 Å². The van der Waals surface area contributed by atoms with E-state index in [9.17, 15) is 29.3 Å². The Hall–Kier alpha value is -3.82. The van der Waals surface area contributed by atoms with Crippen molar-refractivity contribution in [2.24, 2.45) is 4.99 Å². The van der Waals surface area contributed by atoms with Crippen molar-refractivity contribution in [3.63, 3.8) is 0 Å². The van der Waals surface area contributed by atoms with E-state index in [0.29, 0.717) is 27.1 Å². The van der Waals surface area contributed by atoms with Crippen LogP contribution in [0.25, 0.3) is 10.2 Å². The molecule has 2 aromatic heterocycles. The Kier molecular flexibility index (Phi) is 10.8. The summed E-state index contributed by atoms with van der Waals surface area (Å²) in [5.74, 6) is -2.51. The van der Waals surface area contributed by atoms with Crippen molar-refractivity contribution >= 4 is 79.1 Å². The first-order valence-electron chi connectivity index (χ1n) is 11.9. The number of carbonyl (C=O) groups is 4. The van der Waals surface area contributed by atoms with Crippen molar-refractivity contribution in [1.82, 2.24) is 4.57 Å². The Labute approximate surface area is 240 Å². The van der Waals surface area contributed by atoms with E-state index >= 15 is 0 Å². The molecule has 0 radical (unpaired) electrons. The standard InChI is InChI=1S/C25H26N4O8S3/c1-5-10-28-16-9-8-15(29(34)35)11-17(16)39-25(28)27-19(31)13-38-12-18(30)26-22-20(23(32)36-6-2)14(4)21(40-22)24(33)37-7-3/h5,8-9,11H,1,6-7,10,12-13H2,2-4H3,(H,26,30). The lowest BCUT2D eigenvalue weighted by Gasteiger charge is -2.07. The number of thiophene rings is 1. The van der Waals surface area contributed by atoms with Gasteiger partial charge in [-0.1, -0.05) is 17.4 Å². The number of anilines is 1. The highest BCUT2D eigenvalue weighted by molar-refractivity contribution is 8.00. The number of fused-ring (bicyclic) bond motifs is 1. The lowest BCUT2D eigenvalue weighted by molar-refractivity contribution is -0.384. The van der Waals surface area contributed by atoms with E-state index in [1.165, 1.54) is 12.1 Å². The number of hydrogen-bond acceptors (Lipinski definition) is 11. The predicted octanol–water partition coefficient (Wildman–Crippen LogP) is 4.32. The van der Waals surface area contributed by atoms with Crippen molar-refractivity contribution in [3.8, 4) is 0 Å². The van der Waals surface area contributed by atoms with Gasteiger partial charge in [0.2, 0.25) is 5.91 Å². The maximum atomic E-state index is 12.6. The van der Waals surface area contributed by atoms with Gasteiger partial charge in [-0.3, -0.25) is 19.7 Å². The van der Waals surface area contributed by atoms with Crippen LogP contribution in [0.15, 0.2) is 35.8 Å². The van der Waals surface area contributed by atoms with Gasteiger partial charge in [0.15, 0.2) is 4.80 Å². The van der Waals surface area contributed by atoms with Gasteiger partial charge in [0.25, 0.3) is 11.6 Å². The lowest BCUT2D eigenvalue weighted by Crippen LogP contribution is -2.19. The average Bonchev–Trinajstić information content (AvgIpc) is 3.40. The van der Waals surface area contributed by atoms with Gasteiger partial charge in [0.1, 0.15) is 9.88 Å². The number of allylic oxidation sites excluding steroid dienone is 1. The Morgan fingerprint density at radius 2 is 1.85 bits per heavy atom. The smallest absolute Gasteiger partial charge is 0.348 e. The minimum absolute atomic E-state index is 0.0691. The van der Waals surface area contributed by atoms with Gasteiger partial charge in [0.05, 0.1) is 45.4 Å². The SMILES string of the molecule is C=CCn1c(=NC(=O)CSCC(=O)Nc2sc(C(=O)OCC)c(C)c2C(=O)OCC)sc2cc([N+](=O)[O-])ccc21. The van der Waals surface area contributed by atoms with Gasteiger partial charge < -0.3 is 19.4 Å². The fourth-order valence-corrected chi connectivity index (χ4v) is 6.33. The summed E-state index contributed by atoms with van der Waals surface area (Å²) in [6.45, 7) is 9.19. The second-order valence-corrected chi connectivity index (χ2v) is 11.0. The molecule has 0 saturated heterocycles. The van der Waals surface area contributed by atoms with E-state index in [1.807, 2.05) is 0 Å². The molecule has 15 heteroatoms. The average molecular weight is 607 g/mol. The Bertz CT molecular complexity index is 1550. The van der Waals surface area contributed by atoms with Gasteiger partial charge in [-0.05, 0) is 32.4 Å². The number of carbonyl (C=O) groups excluding carboxylic acids is 4. The molecule has 0 unspecified atom stereocenters. The number of nitro benzene ring substituents is 1. The van der Waals surface area contributed by atoms with Gasteiger partial charge >= 0.3 is 11.9 Å². The summed E-state index contributed by atoms with van der Waals surface area (Å²) in [5, 5.41) is 13.9. The first-order valence-corrected chi connectivity index (χ1v) is 14.7. The van der Waals surface area contributed by atoms with E-state index < -0.39 is 28.7 Å². The normalized spacial score (nSPS) is 11.3. The molecule has 0 aliphatic rings. The number of nitrogens with zero attached hydrogens (tertiary/aromatic N) is 3. The van der Waals surface area contributed by atoms with Crippen molar-refractivity contribution in [2.45, 2.75) is 27.3 Å². The highest BCUT2D eigenvalue weighted by atomic mass is 32.2. The van der Waals surface area contributed by atoms with Crippen LogP contribution >= 0.6 is 34.4 Å². The zero-order valence-corrected chi connectivity index (χ0v) is 24.3. The molecule has 12 nitrogen and oxygen atoms in total. The quantitative estimate of drug-likeness (QED) is 0.137. The zero-order chi connectivity index (χ0) is 29.4. The largest absolute Gasteiger partial charge is 0.462 e. The molecular weight excluding hydrogens is 580 g/mol. The molecule has 1 N–H and O–H groups in total. The molecule has 0 fully saturated rings. The number of nitro groups is 1. The van der Waals surface area contributed by atoms with Crippen LogP contribution in [0.1, 0.15) is 39.4 Å². The monoisotopic (exact) mass is 606 g/mol. The number of thiazole rings is 1. The predicted molar refractivity (Wildman–Crippen MR) is 154 cm³/mol. The van der Waals surface area contributed by atoms with E-state index in [-0.39, 0.29) is 45.8 Å². The molecular formula is C25H26N4O8S3. The first kappa shape index (κ1) is 30.7. The summed E-state index contributed by atoms with van der Waals surface area (Å²) < 4.78 is 12.4. The van der Waals surface area contributed by atoms with Crippen LogP contribution in [0.2, 0.25) is 0 Å². The topological polar surface area (TPSA) is 159 Å². The number of esters is 2. The molecule has 0 bridgehead atoms. The minimum atomic E-state index is -0.676. The molecule has 0 atom stereocenters. The molecule has 2 heterocycles. The maximum Gasteiger partial charge on any atom is 0.348 e. The summed E-state index contributed by atoms with van der Waals surface area (Å²) in [4.78, 5) is 65.3. The molecule has 40 heavy (non-hydrogen) atoms. The molecule has 1 aromatic carbocycles. The van der Waals surface area contributed by atoms with Crippen molar-refractivity contribution in [1.29, 1.82) is 0 Å². The lowest BCUT2D eigenvalue weighted by atomic mass is 10.1. The number of amides is 2. The molecule has 0 spiro atoms. The van der Waals surface area contributed by atoms with Crippen LogP contribution in [-0.4, -0.2) is 58.0 Å². The van der Waals surface area contributed by atoms with E-state index in [0.717, 1.165) is 34.4 Å². The molecule has 3 rings (SSSR count). The molecule has 212 valence electrons. The zero-order valence-electron chi connectivity index (χ0n) is 21.9. The number of hydrogen-bond donors (Lipinski definition) is 1. The van der Waals surface area contributed by atoms with Gasteiger partial charge in [-0.2, -0.15) is 4.99 Å². The van der Waals surface area contributed by atoms with Crippen molar-refractivity contribution in [3.05, 3.63) is 61.8 Å². The summed E-state index contributed by atoms with van der Waals surface area (Å²) >= 11 is 3.07. The number of ether oxygens (including phenoxy) is 2. The van der Waals surface area contributed by atoms with Crippen LogP contribution in [0.5, 0.6) is 0 Å². The third-order valence-electron chi connectivity index (χ3n) is 5.21. The first-order chi connectivity index (χ1) is 19.1. The Morgan fingerprint density at radius 3 is 2.50 bits per heavy atom. The Balaban J connectivity index is 1.72. The number of rotatable bonds is 12. The van der Waals surface area contributed by atoms with Crippen LogP contribution in [-0.2, 0) is 25.6 Å². The summed E-state index contributed by atoms with van der Waals surface area (Å²) in [6, 6.07) is 4.40. The van der Waals surface area contributed by atoms with E-state index in [2.05, 4.69) is 16.9 Å². The molecule has 2 amide bonds. The summed E-state index contributed by atoms with van der Waals surface area (Å²) in [7, 11) is 0. The van der Waals surface area contributed by atoms with E-state index in [1.54, 1.807) is 37.5 Å². The number of nitrogens with one attached hydrogen (secondary N) is 1. The highest BCUT2D eigenvalue weighted by Crippen LogP contribution is 2.34. The second kappa shape index (κ2) is 14.0. The van der Waals surface area contributed by atoms with Crippen molar-refractivity contribution < 1.29 is 33.6 Å². The molecule has 0 aliphatic carbocycles. The third-order valence-corrected chi connectivity index (χ3v) is 8.35. The van der Waals surface area contributed by atoms with Crippen molar-refractivity contribution in [2.75, 3.05) is 30.0 Å². The third kappa shape index (κ3) is 7.22. The fourth-order valence-electron chi connectivity index (χ4n) is 3.54. The highest BCUT2D eigenvalue weighted by Gasteiger charge is 2.27. The number of benzene rings is 1. The summed E-state index contributed by atoms with van der Waals surface area (Å²) in [6.07, 6.45) is 1.63. The minimum Gasteiger partial charge on any atom is -0.462 e.